The molecule has 0 atom stereocenters. The first-order valence-electron chi connectivity index (χ1n) is 6.70. The van der Waals surface area contributed by atoms with Crippen molar-refractivity contribution in [1.82, 2.24) is 20.1 Å². The molecule has 1 saturated heterocycles. The lowest BCUT2D eigenvalue weighted by Gasteiger charge is -2.19. The quantitative estimate of drug-likeness (QED) is 0.898. The van der Waals surface area contributed by atoms with Gasteiger partial charge in [-0.2, -0.15) is 10.1 Å². The number of halogens is 1. The molecule has 0 aliphatic carbocycles. The van der Waals surface area contributed by atoms with E-state index in [1.165, 1.54) is 6.26 Å². The van der Waals surface area contributed by atoms with E-state index in [1.54, 1.807) is 23.9 Å². The van der Waals surface area contributed by atoms with Crippen molar-refractivity contribution in [1.29, 1.82) is 0 Å². The number of hydrogen-bond donors (Lipinski definition) is 2. The minimum absolute atomic E-state index is 0. The van der Waals surface area contributed by atoms with E-state index in [1.807, 2.05) is 0 Å². The molecule has 1 aliphatic rings. The normalized spacial score (nSPS) is 15.5. The van der Waals surface area contributed by atoms with Gasteiger partial charge in [-0.25, -0.2) is 4.68 Å². The molecule has 8 heteroatoms. The summed E-state index contributed by atoms with van der Waals surface area (Å²) < 4.78 is 6.65. The van der Waals surface area contributed by atoms with Crippen LogP contribution in [0.2, 0.25) is 0 Å². The average Bonchev–Trinajstić information content (AvgIpc) is 3.10. The van der Waals surface area contributed by atoms with Crippen LogP contribution in [0.1, 0.15) is 35.1 Å². The predicted molar refractivity (Wildman–Crippen MR) is 79.8 cm³/mol. The van der Waals surface area contributed by atoms with Gasteiger partial charge in [-0.05, 0) is 38.1 Å². The van der Waals surface area contributed by atoms with Gasteiger partial charge in [-0.15, -0.1) is 12.4 Å². The first kappa shape index (κ1) is 15.5. The van der Waals surface area contributed by atoms with E-state index in [9.17, 15) is 4.79 Å². The summed E-state index contributed by atoms with van der Waals surface area (Å²) in [5, 5.41) is 10.4. The first-order chi connectivity index (χ1) is 9.74. The topological polar surface area (TPSA) is 85.0 Å². The van der Waals surface area contributed by atoms with Crippen LogP contribution < -0.4 is 10.6 Å². The lowest BCUT2D eigenvalue weighted by molar-refractivity contribution is 0.0995. The van der Waals surface area contributed by atoms with E-state index in [-0.39, 0.29) is 24.1 Å². The van der Waals surface area contributed by atoms with Gasteiger partial charge >= 0.3 is 0 Å². The minimum Gasteiger partial charge on any atom is -0.459 e. The number of furan rings is 1. The van der Waals surface area contributed by atoms with Gasteiger partial charge in [0.25, 0.3) is 5.91 Å². The number of hydrogen-bond acceptors (Lipinski definition) is 5. The molecule has 3 rings (SSSR count). The smallest absolute Gasteiger partial charge is 0.293 e. The molecule has 114 valence electrons. The lowest BCUT2D eigenvalue weighted by Crippen LogP contribution is -2.27. The second-order valence-corrected chi connectivity index (χ2v) is 4.87. The third kappa shape index (κ3) is 3.43. The van der Waals surface area contributed by atoms with Crippen molar-refractivity contribution in [2.45, 2.75) is 18.8 Å². The molecule has 7 nitrogen and oxygen atoms in total. The zero-order valence-corrected chi connectivity index (χ0v) is 12.5. The lowest BCUT2D eigenvalue weighted by atomic mass is 9.98. The number of rotatable bonds is 3. The highest BCUT2D eigenvalue weighted by Gasteiger charge is 2.21. The average molecular weight is 312 g/mol. The third-order valence-electron chi connectivity index (χ3n) is 3.45. The summed E-state index contributed by atoms with van der Waals surface area (Å²) in [5.74, 6) is 1.54. The van der Waals surface area contributed by atoms with Crippen molar-refractivity contribution in [2.75, 3.05) is 18.4 Å². The Morgan fingerprint density at radius 1 is 1.48 bits per heavy atom. The van der Waals surface area contributed by atoms with Gasteiger partial charge in [-0.3, -0.25) is 10.1 Å². The molecule has 2 aromatic heterocycles. The van der Waals surface area contributed by atoms with Gasteiger partial charge in [-0.1, -0.05) is 0 Å². The molecule has 1 amide bonds. The van der Waals surface area contributed by atoms with Crippen LogP contribution in [0, 0.1) is 0 Å². The Morgan fingerprint density at radius 2 is 2.24 bits per heavy atom. The van der Waals surface area contributed by atoms with Crippen molar-refractivity contribution < 1.29 is 9.21 Å². The van der Waals surface area contributed by atoms with E-state index in [4.69, 9.17) is 4.42 Å². The summed E-state index contributed by atoms with van der Waals surface area (Å²) >= 11 is 0. The molecular formula is C13H18ClN5O2. The second kappa shape index (κ2) is 6.73. The van der Waals surface area contributed by atoms with Crippen LogP contribution in [-0.2, 0) is 7.05 Å². The summed E-state index contributed by atoms with van der Waals surface area (Å²) in [6.07, 6.45) is 3.51. The Balaban J connectivity index is 0.00000161. The Labute approximate surface area is 128 Å². The maximum Gasteiger partial charge on any atom is 0.293 e. The number of aromatic nitrogens is 3. The monoisotopic (exact) mass is 311 g/mol. The molecular weight excluding hydrogens is 294 g/mol. The largest absolute Gasteiger partial charge is 0.459 e. The van der Waals surface area contributed by atoms with E-state index >= 15 is 0 Å². The van der Waals surface area contributed by atoms with Gasteiger partial charge in [0.05, 0.1) is 6.26 Å². The number of aryl methyl sites for hydroxylation is 1. The van der Waals surface area contributed by atoms with Gasteiger partial charge in [0, 0.05) is 13.0 Å². The van der Waals surface area contributed by atoms with Crippen LogP contribution in [0.3, 0.4) is 0 Å². The van der Waals surface area contributed by atoms with Gasteiger partial charge in [0.2, 0.25) is 5.95 Å². The zero-order valence-electron chi connectivity index (χ0n) is 11.7. The van der Waals surface area contributed by atoms with Crippen molar-refractivity contribution in [3.8, 4) is 0 Å². The minimum atomic E-state index is -0.317. The van der Waals surface area contributed by atoms with Gasteiger partial charge in [0.15, 0.2) is 11.6 Å². The summed E-state index contributed by atoms with van der Waals surface area (Å²) in [5.41, 5.74) is 0. The van der Waals surface area contributed by atoms with Crippen LogP contribution >= 0.6 is 12.4 Å². The number of piperidine rings is 1. The second-order valence-electron chi connectivity index (χ2n) is 4.87. The van der Waals surface area contributed by atoms with Gasteiger partial charge in [0.1, 0.15) is 0 Å². The molecule has 1 aliphatic heterocycles. The van der Waals surface area contributed by atoms with Crippen LogP contribution in [0.5, 0.6) is 0 Å². The number of carbonyl (C=O) groups excluding carboxylic acids is 1. The molecule has 2 aromatic rings. The van der Waals surface area contributed by atoms with Crippen molar-refractivity contribution in [3.63, 3.8) is 0 Å². The van der Waals surface area contributed by atoms with E-state index in [0.717, 1.165) is 31.8 Å². The summed E-state index contributed by atoms with van der Waals surface area (Å²) in [7, 11) is 1.77. The zero-order chi connectivity index (χ0) is 13.9. The van der Waals surface area contributed by atoms with Crippen molar-refractivity contribution in [2.24, 2.45) is 7.05 Å². The van der Waals surface area contributed by atoms with Crippen LogP contribution in [0.15, 0.2) is 22.8 Å². The van der Waals surface area contributed by atoms with Crippen molar-refractivity contribution >= 4 is 24.3 Å². The fourth-order valence-corrected chi connectivity index (χ4v) is 2.34. The molecule has 0 spiro atoms. The van der Waals surface area contributed by atoms with E-state index < -0.39 is 0 Å². The highest BCUT2D eigenvalue weighted by Crippen LogP contribution is 2.23. The van der Waals surface area contributed by atoms with Crippen LogP contribution in [0.4, 0.5) is 5.95 Å². The number of nitrogens with zero attached hydrogens (tertiary/aromatic N) is 3. The van der Waals surface area contributed by atoms with E-state index in [2.05, 4.69) is 20.7 Å². The maximum atomic E-state index is 11.9. The Kier molecular flexibility index (Phi) is 4.98. The van der Waals surface area contributed by atoms with E-state index in [0.29, 0.717) is 11.9 Å². The fourth-order valence-electron chi connectivity index (χ4n) is 2.34. The number of anilines is 1. The number of carbonyl (C=O) groups is 1. The fraction of sp³-hybridized carbons (Fsp3) is 0.462. The summed E-state index contributed by atoms with van der Waals surface area (Å²) in [6, 6.07) is 3.28. The third-order valence-corrected chi connectivity index (χ3v) is 3.45. The SMILES string of the molecule is Cl.Cn1nc(C2CCNCC2)nc1NC(=O)c1ccco1. The van der Waals surface area contributed by atoms with Crippen LogP contribution in [-0.4, -0.2) is 33.8 Å². The van der Waals surface area contributed by atoms with Gasteiger partial charge < -0.3 is 9.73 Å². The molecule has 3 heterocycles. The molecule has 0 bridgehead atoms. The molecule has 0 radical (unpaired) electrons. The Hall–Kier alpha value is -1.86. The maximum absolute atomic E-state index is 11.9. The Morgan fingerprint density at radius 3 is 2.90 bits per heavy atom. The molecule has 2 N–H and O–H groups in total. The molecule has 0 unspecified atom stereocenters. The summed E-state index contributed by atoms with van der Waals surface area (Å²) in [6.45, 7) is 1.97. The highest BCUT2D eigenvalue weighted by molar-refractivity contribution is 6.01. The highest BCUT2D eigenvalue weighted by atomic mass is 35.5. The standard InChI is InChI=1S/C13H17N5O2.ClH/c1-18-13(16-12(19)10-3-2-8-20-10)15-11(17-18)9-4-6-14-7-5-9;/h2-3,8-9,14H,4-7H2,1H3,(H,15,16,17,19);1H. The summed E-state index contributed by atoms with van der Waals surface area (Å²) in [4.78, 5) is 16.4. The molecule has 21 heavy (non-hydrogen) atoms. The Bertz CT molecular complexity index is 590. The number of amides is 1. The molecule has 1 fully saturated rings. The first-order valence-corrected chi connectivity index (χ1v) is 6.70. The van der Waals surface area contributed by atoms with Crippen molar-refractivity contribution in [3.05, 3.63) is 30.0 Å². The molecule has 0 saturated carbocycles. The number of nitrogens with one attached hydrogen (secondary N) is 2. The van der Waals surface area contributed by atoms with Crippen LogP contribution in [0.25, 0.3) is 0 Å². The predicted octanol–water partition coefficient (Wildman–Crippen LogP) is 1.55. The molecule has 0 aromatic carbocycles.